The number of aromatic hydroxyl groups is 1. The fraction of sp³-hybridized carbons (Fsp3) is 0. The van der Waals surface area contributed by atoms with E-state index in [1.807, 2.05) is 0 Å². The minimum atomic E-state index is 0.0978. The molecule has 1 aromatic heterocycles. The molecule has 0 radical (unpaired) electrons. The molecule has 1 heterocycles. The van der Waals surface area contributed by atoms with E-state index in [2.05, 4.69) is 47.3 Å². The van der Waals surface area contributed by atoms with Gasteiger partial charge < -0.3 is 5.11 Å². The minimum absolute atomic E-state index is 0.0978. The molecule has 0 aliphatic rings. The van der Waals surface area contributed by atoms with E-state index in [4.69, 9.17) is 11.6 Å². The van der Waals surface area contributed by atoms with Crippen LogP contribution in [-0.2, 0) is 0 Å². The van der Waals surface area contributed by atoms with Gasteiger partial charge in [-0.3, -0.25) is 0 Å². The van der Waals surface area contributed by atoms with Crippen molar-refractivity contribution in [1.82, 2.24) is 15.4 Å². The molecule has 0 saturated carbocycles. The van der Waals surface area contributed by atoms with Gasteiger partial charge in [-0.05, 0) is 55.3 Å². The molecular weight excluding hydrogens is 361 g/mol. The third kappa shape index (κ3) is 2.18. The maximum atomic E-state index is 9.76. The molecule has 0 atom stereocenters. The molecule has 1 aromatic carbocycles. The summed E-state index contributed by atoms with van der Waals surface area (Å²) in [6.45, 7) is 0. The fourth-order valence-electron chi connectivity index (χ4n) is 1.22. The average molecular weight is 365 g/mol. The van der Waals surface area contributed by atoms with Crippen LogP contribution in [0.5, 0.6) is 5.75 Å². The summed E-state index contributed by atoms with van der Waals surface area (Å²) in [6.07, 6.45) is 0. The monoisotopic (exact) mass is 363 g/mol. The number of rotatable bonds is 1. The zero-order valence-corrected chi connectivity index (χ0v) is 11.6. The van der Waals surface area contributed by atoms with E-state index < -0.39 is 0 Å². The van der Waals surface area contributed by atoms with Gasteiger partial charge >= 0.3 is 0 Å². The molecule has 0 aliphatic carbocycles. The van der Waals surface area contributed by atoms with Gasteiger partial charge in [0.25, 0.3) is 0 Å². The van der Waals surface area contributed by atoms with Crippen molar-refractivity contribution in [3.8, 4) is 16.9 Å². The Labute approximate surface area is 113 Å². The first-order chi connectivity index (χ1) is 7.59. The molecule has 82 valence electrons. The molecule has 0 amide bonds. The van der Waals surface area contributed by atoms with Gasteiger partial charge in [0.1, 0.15) is 15.0 Å². The van der Waals surface area contributed by atoms with E-state index in [1.54, 1.807) is 12.1 Å². The molecular formula is C9H4Br2ClN3O. The van der Waals surface area contributed by atoms with E-state index in [1.165, 1.54) is 6.07 Å². The SMILES string of the molecule is Oc1ccc(Cl)cc1-c1c(Br)nnnc1Br. The maximum Gasteiger partial charge on any atom is 0.141 e. The maximum absolute atomic E-state index is 9.76. The normalized spacial score (nSPS) is 10.4. The van der Waals surface area contributed by atoms with E-state index in [9.17, 15) is 5.11 Å². The van der Waals surface area contributed by atoms with Gasteiger partial charge in [0.2, 0.25) is 0 Å². The average Bonchev–Trinajstić information content (AvgIpc) is 2.23. The number of benzene rings is 1. The summed E-state index contributed by atoms with van der Waals surface area (Å²) >= 11 is 12.4. The number of hydrogen-bond acceptors (Lipinski definition) is 4. The van der Waals surface area contributed by atoms with Crippen LogP contribution in [0.2, 0.25) is 5.02 Å². The summed E-state index contributed by atoms with van der Waals surface area (Å²) in [4.78, 5) is 0. The van der Waals surface area contributed by atoms with Crippen LogP contribution in [0.4, 0.5) is 0 Å². The second-order valence-electron chi connectivity index (χ2n) is 2.91. The summed E-state index contributed by atoms with van der Waals surface area (Å²) in [5, 5.41) is 21.3. The van der Waals surface area contributed by atoms with Crippen LogP contribution in [0.25, 0.3) is 11.1 Å². The molecule has 4 nitrogen and oxygen atoms in total. The van der Waals surface area contributed by atoms with Gasteiger partial charge in [0, 0.05) is 10.6 Å². The van der Waals surface area contributed by atoms with Crippen molar-refractivity contribution in [2.75, 3.05) is 0 Å². The molecule has 0 fully saturated rings. The van der Waals surface area contributed by atoms with E-state index >= 15 is 0 Å². The van der Waals surface area contributed by atoms with Crippen LogP contribution in [0.15, 0.2) is 27.4 Å². The van der Waals surface area contributed by atoms with E-state index in [0.29, 0.717) is 25.4 Å². The molecule has 0 bridgehead atoms. The molecule has 0 unspecified atom stereocenters. The van der Waals surface area contributed by atoms with Crippen molar-refractivity contribution in [3.63, 3.8) is 0 Å². The number of aromatic nitrogens is 3. The number of nitrogens with zero attached hydrogens (tertiary/aromatic N) is 3. The third-order valence-electron chi connectivity index (χ3n) is 1.91. The van der Waals surface area contributed by atoms with Gasteiger partial charge in [-0.2, -0.15) is 0 Å². The second kappa shape index (κ2) is 4.65. The molecule has 1 N–H and O–H groups in total. The zero-order chi connectivity index (χ0) is 11.7. The van der Waals surface area contributed by atoms with Crippen molar-refractivity contribution in [1.29, 1.82) is 0 Å². The standard InChI is InChI=1S/C9H4Br2ClN3O/c10-8-7(9(11)14-15-13-8)5-3-4(12)1-2-6(5)16/h1-3,16H. The highest BCUT2D eigenvalue weighted by molar-refractivity contribution is 9.11. The van der Waals surface area contributed by atoms with Crippen molar-refractivity contribution in [3.05, 3.63) is 32.4 Å². The van der Waals surface area contributed by atoms with Crippen LogP contribution in [-0.4, -0.2) is 20.5 Å². The number of phenolic OH excluding ortho intramolecular Hbond substituents is 1. The number of halogens is 3. The first-order valence-corrected chi connectivity index (χ1v) is 6.09. The molecule has 0 saturated heterocycles. The lowest BCUT2D eigenvalue weighted by Crippen LogP contribution is -1.94. The van der Waals surface area contributed by atoms with Crippen molar-refractivity contribution >= 4 is 43.5 Å². The van der Waals surface area contributed by atoms with Crippen molar-refractivity contribution < 1.29 is 5.11 Å². The summed E-state index contributed by atoms with van der Waals surface area (Å²) in [5.41, 5.74) is 1.14. The first-order valence-electron chi connectivity index (χ1n) is 4.13. The van der Waals surface area contributed by atoms with Gasteiger partial charge in [0.05, 0.1) is 5.56 Å². The highest BCUT2D eigenvalue weighted by Gasteiger charge is 2.15. The lowest BCUT2D eigenvalue weighted by Gasteiger charge is -2.07. The lowest BCUT2D eigenvalue weighted by atomic mass is 10.1. The lowest BCUT2D eigenvalue weighted by molar-refractivity contribution is 0.477. The Bertz CT molecular complexity index is 530. The van der Waals surface area contributed by atoms with Gasteiger partial charge in [-0.15, -0.1) is 10.2 Å². The highest BCUT2D eigenvalue weighted by Crippen LogP contribution is 2.38. The molecule has 2 aromatic rings. The summed E-state index contributed by atoms with van der Waals surface area (Å²) in [7, 11) is 0. The second-order valence-corrected chi connectivity index (χ2v) is 4.85. The zero-order valence-electron chi connectivity index (χ0n) is 7.65. The van der Waals surface area contributed by atoms with Crippen LogP contribution >= 0.6 is 43.5 Å². The quantitative estimate of drug-likeness (QED) is 0.841. The summed E-state index contributed by atoms with van der Waals surface area (Å²) < 4.78 is 0.957. The first kappa shape index (κ1) is 11.8. The predicted octanol–water partition coefficient (Wildman–Crippen LogP) is 3.42. The number of phenols is 1. The van der Waals surface area contributed by atoms with Crippen LogP contribution in [0.3, 0.4) is 0 Å². The third-order valence-corrected chi connectivity index (χ3v) is 3.25. The molecule has 0 spiro atoms. The van der Waals surface area contributed by atoms with E-state index in [0.717, 1.165) is 0 Å². The van der Waals surface area contributed by atoms with Crippen molar-refractivity contribution in [2.45, 2.75) is 0 Å². The van der Waals surface area contributed by atoms with Crippen LogP contribution in [0.1, 0.15) is 0 Å². The van der Waals surface area contributed by atoms with Crippen LogP contribution < -0.4 is 0 Å². The predicted molar refractivity (Wildman–Crippen MR) is 67.3 cm³/mol. The summed E-state index contributed by atoms with van der Waals surface area (Å²) in [6, 6.07) is 4.74. The summed E-state index contributed by atoms with van der Waals surface area (Å²) in [5.74, 6) is 0.0978. The molecule has 16 heavy (non-hydrogen) atoms. The molecule has 0 aliphatic heterocycles. The minimum Gasteiger partial charge on any atom is -0.507 e. The smallest absolute Gasteiger partial charge is 0.141 e. The highest BCUT2D eigenvalue weighted by atomic mass is 79.9. The fourth-order valence-corrected chi connectivity index (χ4v) is 2.60. The Morgan fingerprint density at radius 3 is 2.38 bits per heavy atom. The van der Waals surface area contributed by atoms with Gasteiger partial charge in [-0.1, -0.05) is 11.6 Å². The van der Waals surface area contributed by atoms with Crippen LogP contribution in [0, 0.1) is 0 Å². The Hall–Kier alpha value is -0.720. The number of hydrogen-bond donors (Lipinski definition) is 1. The molecule has 2 rings (SSSR count). The Balaban J connectivity index is 2.72. The Morgan fingerprint density at radius 1 is 1.12 bits per heavy atom. The van der Waals surface area contributed by atoms with E-state index in [-0.39, 0.29) is 5.75 Å². The largest absolute Gasteiger partial charge is 0.507 e. The topological polar surface area (TPSA) is 58.9 Å². The van der Waals surface area contributed by atoms with Gasteiger partial charge in [-0.25, -0.2) is 0 Å². The van der Waals surface area contributed by atoms with Crippen molar-refractivity contribution in [2.24, 2.45) is 0 Å². The van der Waals surface area contributed by atoms with Gasteiger partial charge in [0.15, 0.2) is 0 Å². The molecule has 7 heteroatoms. The Kier molecular flexibility index (Phi) is 3.41. The Morgan fingerprint density at radius 2 is 1.75 bits per heavy atom.